The number of carbonyl (C=O) groups is 2. The second kappa shape index (κ2) is 10.0. The summed E-state index contributed by atoms with van der Waals surface area (Å²) in [6.45, 7) is 0. The van der Waals surface area contributed by atoms with Crippen LogP contribution >= 0.6 is 0 Å². The number of carbonyl (C=O) groups excluding carboxylic acids is 2. The van der Waals surface area contributed by atoms with E-state index in [-0.39, 0.29) is 29.3 Å². The molecular formula is C27H23NO7. The second-order valence-corrected chi connectivity index (χ2v) is 7.84. The third-order valence-electron chi connectivity index (χ3n) is 5.46. The Morgan fingerprint density at radius 3 is 2.43 bits per heavy atom. The summed E-state index contributed by atoms with van der Waals surface area (Å²) >= 11 is 0. The van der Waals surface area contributed by atoms with E-state index < -0.39 is 17.9 Å². The normalized spacial score (nSPS) is 12.0. The number of aromatic hydroxyl groups is 3. The molecule has 4 aromatic rings. The molecule has 0 aliphatic heterocycles. The van der Waals surface area contributed by atoms with Crippen LogP contribution in [0.3, 0.4) is 0 Å². The second-order valence-electron chi connectivity index (χ2n) is 7.84. The Labute approximate surface area is 200 Å². The van der Waals surface area contributed by atoms with E-state index in [2.05, 4.69) is 5.32 Å². The monoisotopic (exact) mass is 473 g/mol. The zero-order valence-corrected chi connectivity index (χ0v) is 18.8. The molecule has 0 saturated heterocycles. The molecule has 0 spiro atoms. The van der Waals surface area contributed by atoms with Gasteiger partial charge >= 0.3 is 5.97 Å². The summed E-state index contributed by atoms with van der Waals surface area (Å²) in [5.41, 5.74) is 2.15. The molecule has 0 radical (unpaired) electrons. The number of furan rings is 1. The molecule has 1 amide bonds. The fraction of sp³-hybridized carbons (Fsp3) is 0.111. The van der Waals surface area contributed by atoms with E-state index in [1.807, 2.05) is 30.3 Å². The predicted molar refractivity (Wildman–Crippen MR) is 130 cm³/mol. The van der Waals surface area contributed by atoms with Gasteiger partial charge in [-0.3, -0.25) is 4.79 Å². The highest BCUT2D eigenvalue weighted by Gasteiger charge is 2.21. The zero-order chi connectivity index (χ0) is 24.9. The van der Waals surface area contributed by atoms with E-state index in [4.69, 9.17) is 9.15 Å². The quantitative estimate of drug-likeness (QED) is 0.180. The van der Waals surface area contributed by atoms with E-state index in [1.54, 1.807) is 24.3 Å². The van der Waals surface area contributed by atoms with Gasteiger partial charge in [0.1, 0.15) is 11.8 Å². The van der Waals surface area contributed by atoms with E-state index >= 15 is 0 Å². The Morgan fingerprint density at radius 2 is 1.71 bits per heavy atom. The van der Waals surface area contributed by atoms with Crippen LogP contribution in [-0.2, 0) is 20.7 Å². The summed E-state index contributed by atoms with van der Waals surface area (Å²) in [5.74, 6) is -1.36. The lowest BCUT2D eigenvalue weighted by molar-refractivity contribution is -0.144. The van der Waals surface area contributed by atoms with Crippen LogP contribution in [0.15, 0.2) is 77.2 Å². The van der Waals surface area contributed by atoms with Crippen LogP contribution in [-0.4, -0.2) is 40.3 Å². The number of ether oxygens (including phenoxy) is 1. The molecule has 0 saturated carbocycles. The van der Waals surface area contributed by atoms with Crippen molar-refractivity contribution >= 4 is 28.9 Å². The first-order valence-electron chi connectivity index (χ1n) is 10.7. The Bertz CT molecular complexity index is 1410. The SMILES string of the molecule is COC(=O)[C@H](Cc1ccccc1)NC(=O)/C=C/c1ccc(O)c2oc(-c3ccc(O)c(O)c3)cc12. The molecular weight excluding hydrogens is 450 g/mol. The maximum atomic E-state index is 12.6. The number of methoxy groups -OCH3 is 1. The third kappa shape index (κ3) is 5.27. The van der Waals surface area contributed by atoms with Crippen molar-refractivity contribution in [2.75, 3.05) is 7.11 Å². The number of esters is 1. The molecule has 1 heterocycles. The van der Waals surface area contributed by atoms with Gasteiger partial charge in [0.15, 0.2) is 22.8 Å². The van der Waals surface area contributed by atoms with Gasteiger partial charge in [0.2, 0.25) is 5.91 Å². The highest BCUT2D eigenvalue weighted by Crippen LogP contribution is 2.37. The van der Waals surface area contributed by atoms with Gasteiger partial charge in [-0.1, -0.05) is 36.4 Å². The highest BCUT2D eigenvalue weighted by atomic mass is 16.5. The van der Waals surface area contributed by atoms with Crippen molar-refractivity contribution in [2.45, 2.75) is 12.5 Å². The molecule has 8 nitrogen and oxygen atoms in total. The average molecular weight is 473 g/mol. The van der Waals surface area contributed by atoms with Crippen LogP contribution < -0.4 is 5.32 Å². The van der Waals surface area contributed by atoms with Gasteiger partial charge < -0.3 is 29.8 Å². The first-order chi connectivity index (χ1) is 16.9. The number of hydrogen-bond acceptors (Lipinski definition) is 7. The van der Waals surface area contributed by atoms with E-state index in [1.165, 1.54) is 31.4 Å². The number of rotatable bonds is 7. The molecule has 1 aromatic heterocycles. The standard InChI is InChI=1S/C27H23NO7/c1-34-27(33)20(13-16-5-3-2-4-6-16)28-25(32)12-9-17-7-11-22(30)26-19(17)15-24(35-26)18-8-10-21(29)23(31)14-18/h2-12,14-15,20,29-31H,13H2,1H3,(H,28,32)/b12-9+/t20-/m0/s1. The van der Waals surface area contributed by atoms with Crippen molar-refractivity contribution in [1.29, 1.82) is 0 Å². The average Bonchev–Trinajstić information content (AvgIpc) is 3.32. The minimum absolute atomic E-state index is 0.0931. The van der Waals surface area contributed by atoms with Gasteiger partial charge in [-0.15, -0.1) is 0 Å². The molecule has 0 bridgehead atoms. The summed E-state index contributed by atoms with van der Waals surface area (Å²) in [7, 11) is 1.26. The summed E-state index contributed by atoms with van der Waals surface area (Å²) in [4.78, 5) is 24.8. The van der Waals surface area contributed by atoms with Crippen molar-refractivity contribution < 1.29 is 34.1 Å². The molecule has 4 N–H and O–H groups in total. The van der Waals surface area contributed by atoms with Crippen LogP contribution in [0.2, 0.25) is 0 Å². The number of phenolic OH excluding ortho intramolecular Hbond substituents is 3. The molecule has 1 atom stereocenters. The van der Waals surface area contributed by atoms with Crippen LogP contribution in [0.25, 0.3) is 28.4 Å². The van der Waals surface area contributed by atoms with Crippen molar-refractivity contribution in [1.82, 2.24) is 5.32 Å². The van der Waals surface area contributed by atoms with Crippen molar-refractivity contribution in [3.05, 3.63) is 83.9 Å². The number of phenols is 3. The molecule has 0 aliphatic rings. The minimum Gasteiger partial charge on any atom is -0.504 e. The zero-order valence-electron chi connectivity index (χ0n) is 18.8. The number of fused-ring (bicyclic) bond motifs is 1. The number of amides is 1. The topological polar surface area (TPSA) is 129 Å². The van der Waals surface area contributed by atoms with Crippen molar-refractivity contribution in [3.8, 4) is 28.6 Å². The molecule has 3 aromatic carbocycles. The Morgan fingerprint density at radius 1 is 0.971 bits per heavy atom. The lowest BCUT2D eigenvalue weighted by Crippen LogP contribution is -2.42. The first-order valence-corrected chi connectivity index (χ1v) is 10.7. The molecule has 0 aliphatic carbocycles. The van der Waals surface area contributed by atoms with E-state index in [9.17, 15) is 24.9 Å². The molecule has 8 heteroatoms. The maximum Gasteiger partial charge on any atom is 0.328 e. The fourth-order valence-electron chi connectivity index (χ4n) is 3.66. The largest absolute Gasteiger partial charge is 0.504 e. The van der Waals surface area contributed by atoms with Crippen LogP contribution in [0.1, 0.15) is 11.1 Å². The van der Waals surface area contributed by atoms with Crippen LogP contribution in [0, 0.1) is 0 Å². The van der Waals surface area contributed by atoms with Crippen molar-refractivity contribution in [2.24, 2.45) is 0 Å². The first kappa shape index (κ1) is 23.4. The summed E-state index contributed by atoms with van der Waals surface area (Å²) in [5, 5.41) is 32.8. The summed E-state index contributed by atoms with van der Waals surface area (Å²) in [6, 6.07) is 17.4. The Balaban J connectivity index is 1.57. The van der Waals surface area contributed by atoms with Crippen LogP contribution in [0.4, 0.5) is 0 Å². The lowest BCUT2D eigenvalue weighted by Gasteiger charge is -2.15. The number of benzene rings is 3. The molecule has 0 fully saturated rings. The van der Waals surface area contributed by atoms with Gasteiger partial charge in [-0.25, -0.2) is 4.79 Å². The van der Waals surface area contributed by atoms with Gasteiger partial charge in [-0.2, -0.15) is 0 Å². The van der Waals surface area contributed by atoms with Gasteiger partial charge in [0.05, 0.1) is 7.11 Å². The summed E-state index contributed by atoms with van der Waals surface area (Å²) < 4.78 is 10.6. The maximum absolute atomic E-state index is 12.6. The van der Waals surface area contributed by atoms with Crippen molar-refractivity contribution in [3.63, 3.8) is 0 Å². The minimum atomic E-state index is -0.859. The van der Waals surface area contributed by atoms with E-state index in [0.717, 1.165) is 5.56 Å². The van der Waals surface area contributed by atoms with Gasteiger partial charge in [0, 0.05) is 23.4 Å². The molecule has 0 unspecified atom stereocenters. The number of nitrogens with one attached hydrogen (secondary N) is 1. The van der Waals surface area contributed by atoms with Gasteiger partial charge in [-0.05, 0) is 47.5 Å². The molecule has 4 rings (SSSR count). The Hall–Kier alpha value is -4.72. The molecule has 35 heavy (non-hydrogen) atoms. The molecule has 178 valence electrons. The smallest absolute Gasteiger partial charge is 0.328 e. The highest BCUT2D eigenvalue weighted by molar-refractivity contribution is 5.99. The van der Waals surface area contributed by atoms with Crippen LogP contribution in [0.5, 0.6) is 17.2 Å². The van der Waals surface area contributed by atoms with Gasteiger partial charge in [0.25, 0.3) is 0 Å². The summed E-state index contributed by atoms with van der Waals surface area (Å²) in [6.07, 6.45) is 3.11. The fourth-order valence-corrected chi connectivity index (χ4v) is 3.66. The third-order valence-corrected chi connectivity index (χ3v) is 5.46. The number of hydrogen-bond donors (Lipinski definition) is 4. The lowest BCUT2D eigenvalue weighted by atomic mass is 10.1. The van der Waals surface area contributed by atoms with E-state index in [0.29, 0.717) is 22.3 Å². The predicted octanol–water partition coefficient (Wildman–Crippen LogP) is 4.13. The Kier molecular flexibility index (Phi) is 6.73.